The van der Waals surface area contributed by atoms with Gasteiger partial charge in [0, 0.05) is 20.3 Å². The first-order chi connectivity index (χ1) is 8.47. The van der Waals surface area contributed by atoms with Crippen molar-refractivity contribution in [3.05, 3.63) is 55.7 Å². The van der Waals surface area contributed by atoms with Crippen LogP contribution >= 0.6 is 38.9 Å². The van der Waals surface area contributed by atoms with Crippen molar-refractivity contribution in [1.29, 1.82) is 0 Å². The van der Waals surface area contributed by atoms with E-state index < -0.39 is 11.6 Å². The molecule has 5 heteroatoms. The second-order valence-electron chi connectivity index (χ2n) is 3.98. The summed E-state index contributed by atoms with van der Waals surface area (Å²) in [7, 11) is 0. The Balaban J connectivity index is 2.21. The quantitative estimate of drug-likeness (QED) is 0.630. The second kappa shape index (κ2) is 5.68. The molecule has 0 aliphatic heterocycles. The summed E-state index contributed by atoms with van der Waals surface area (Å²) in [6, 6.07) is 5.55. The zero-order valence-electron chi connectivity index (χ0n) is 9.51. The molecule has 0 aliphatic rings. The van der Waals surface area contributed by atoms with E-state index in [4.69, 9.17) is 11.6 Å². The summed E-state index contributed by atoms with van der Waals surface area (Å²) in [6.07, 6.45) is 0.340. The zero-order chi connectivity index (χ0) is 13.3. The third kappa shape index (κ3) is 3.11. The van der Waals surface area contributed by atoms with Crippen LogP contribution in [0.5, 0.6) is 0 Å². The highest BCUT2D eigenvalue weighted by atomic mass is 79.9. The van der Waals surface area contributed by atoms with Gasteiger partial charge in [0.25, 0.3) is 0 Å². The van der Waals surface area contributed by atoms with E-state index in [2.05, 4.69) is 15.9 Å². The maximum atomic E-state index is 13.5. The number of thiophene rings is 1. The van der Waals surface area contributed by atoms with Crippen LogP contribution in [0.25, 0.3) is 0 Å². The molecule has 0 spiro atoms. The van der Waals surface area contributed by atoms with Gasteiger partial charge >= 0.3 is 0 Å². The molecular weight excluding hydrogens is 342 g/mol. The number of benzene rings is 1. The minimum atomic E-state index is -0.574. The SMILES string of the molecule is Cc1cc(Br)c(C(Cl)Cc2ccc(F)cc2F)s1. The van der Waals surface area contributed by atoms with Gasteiger partial charge in [-0.1, -0.05) is 6.07 Å². The van der Waals surface area contributed by atoms with Crippen molar-refractivity contribution >= 4 is 38.9 Å². The Bertz CT molecular complexity index is 568. The average Bonchev–Trinajstić information content (AvgIpc) is 2.62. The van der Waals surface area contributed by atoms with Gasteiger partial charge < -0.3 is 0 Å². The predicted molar refractivity (Wildman–Crippen MR) is 75.4 cm³/mol. The van der Waals surface area contributed by atoms with Crippen molar-refractivity contribution < 1.29 is 8.78 Å². The first-order valence-corrected chi connectivity index (χ1v) is 7.36. The number of aryl methyl sites for hydroxylation is 1. The summed E-state index contributed by atoms with van der Waals surface area (Å²) in [5.74, 6) is -1.12. The number of hydrogen-bond acceptors (Lipinski definition) is 1. The van der Waals surface area contributed by atoms with Crippen LogP contribution in [0.3, 0.4) is 0 Å². The van der Waals surface area contributed by atoms with Crippen LogP contribution in [0, 0.1) is 18.6 Å². The van der Waals surface area contributed by atoms with Gasteiger partial charge in [0.05, 0.1) is 5.38 Å². The van der Waals surface area contributed by atoms with E-state index in [-0.39, 0.29) is 5.38 Å². The lowest BCUT2D eigenvalue weighted by Crippen LogP contribution is -1.98. The van der Waals surface area contributed by atoms with Gasteiger partial charge in [-0.25, -0.2) is 8.78 Å². The number of alkyl halides is 1. The molecule has 2 aromatic rings. The lowest BCUT2D eigenvalue weighted by Gasteiger charge is -2.09. The van der Waals surface area contributed by atoms with E-state index in [0.29, 0.717) is 12.0 Å². The summed E-state index contributed by atoms with van der Waals surface area (Å²) in [4.78, 5) is 2.11. The Morgan fingerprint density at radius 1 is 1.33 bits per heavy atom. The molecule has 1 aromatic carbocycles. The molecule has 1 heterocycles. The number of halogens is 4. The molecule has 0 saturated heterocycles. The summed E-state index contributed by atoms with van der Waals surface area (Å²) >= 11 is 11.3. The van der Waals surface area contributed by atoms with Gasteiger partial charge in [0.1, 0.15) is 11.6 Å². The third-order valence-electron chi connectivity index (χ3n) is 2.54. The van der Waals surface area contributed by atoms with Gasteiger partial charge in [-0.15, -0.1) is 22.9 Å². The first kappa shape index (κ1) is 14.0. The van der Waals surface area contributed by atoms with Crippen LogP contribution in [0.1, 0.15) is 20.7 Å². The average molecular weight is 352 g/mol. The van der Waals surface area contributed by atoms with Crippen molar-refractivity contribution in [1.82, 2.24) is 0 Å². The molecule has 96 valence electrons. The number of rotatable bonds is 3. The van der Waals surface area contributed by atoms with Gasteiger partial charge in [-0.2, -0.15) is 0 Å². The van der Waals surface area contributed by atoms with Gasteiger partial charge in [-0.3, -0.25) is 0 Å². The summed E-state index contributed by atoms with van der Waals surface area (Å²) in [6.45, 7) is 1.99. The third-order valence-corrected chi connectivity index (χ3v) is 5.12. The fourth-order valence-electron chi connectivity index (χ4n) is 1.69. The number of hydrogen-bond donors (Lipinski definition) is 0. The molecule has 1 unspecified atom stereocenters. The fourth-order valence-corrected chi connectivity index (χ4v) is 4.14. The molecule has 0 saturated carbocycles. The molecule has 0 radical (unpaired) electrons. The highest BCUT2D eigenvalue weighted by molar-refractivity contribution is 9.10. The molecule has 0 bridgehead atoms. The van der Waals surface area contributed by atoms with E-state index in [1.165, 1.54) is 12.1 Å². The Morgan fingerprint density at radius 2 is 2.06 bits per heavy atom. The minimum absolute atomic E-state index is 0.321. The highest BCUT2D eigenvalue weighted by Gasteiger charge is 2.17. The van der Waals surface area contributed by atoms with Crippen molar-refractivity contribution in [3.8, 4) is 0 Å². The summed E-state index contributed by atoms with van der Waals surface area (Å²) in [5.41, 5.74) is 0.425. The molecular formula is C13H10BrClF2S. The van der Waals surface area contributed by atoms with Crippen molar-refractivity contribution in [2.45, 2.75) is 18.7 Å². The molecule has 0 fully saturated rings. The molecule has 0 nitrogen and oxygen atoms in total. The van der Waals surface area contributed by atoms with E-state index in [1.807, 2.05) is 13.0 Å². The molecule has 1 aromatic heterocycles. The zero-order valence-corrected chi connectivity index (χ0v) is 12.7. The van der Waals surface area contributed by atoms with Crippen molar-refractivity contribution in [3.63, 3.8) is 0 Å². The monoisotopic (exact) mass is 350 g/mol. The van der Waals surface area contributed by atoms with Crippen LogP contribution in [-0.2, 0) is 6.42 Å². The largest absolute Gasteiger partial charge is 0.207 e. The molecule has 0 amide bonds. The van der Waals surface area contributed by atoms with Crippen LogP contribution in [0.2, 0.25) is 0 Å². The van der Waals surface area contributed by atoms with E-state index >= 15 is 0 Å². The Kier molecular flexibility index (Phi) is 4.41. The highest BCUT2D eigenvalue weighted by Crippen LogP contribution is 2.37. The molecule has 2 rings (SSSR count). The Labute approximate surface area is 122 Å². The summed E-state index contributed by atoms with van der Waals surface area (Å²) < 4.78 is 27.3. The van der Waals surface area contributed by atoms with E-state index in [9.17, 15) is 8.78 Å². The fraction of sp³-hybridized carbons (Fsp3) is 0.231. The standard InChI is InChI=1S/C13H10BrClF2S/c1-7-4-10(14)13(18-7)11(15)5-8-2-3-9(16)6-12(8)17/h2-4,6,11H,5H2,1H3. The second-order valence-corrected chi connectivity index (χ2v) is 6.65. The maximum Gasteiger partial charge on any atom is 0.129 e. The summed E-state index contributed by atoms with van der Waals surface area (Å²) in [5, 5.41) is -0.321. The van der Waals surface area contributed by atoms with Crippen LogP contribution in [-0.4, -0.2) is 0 Å². The molecule has 18 heavy (non-hydrogen) atoms. The van der Waals surface area contributed by atoms with E-state index in [0.717, 1.165) is 20.3 Å². The Hall–Kier alpha value is -0.450. The van der Waals surface area contributed by atoms with E-state index in [1.54, 1.807) is 11.3 Å². The predicted octanol–water partition coefficient (Wildman–Crippen LogP) is 5.62. The minimum Gasteiger partial charge on any atom is -0.207 e. The van der Waals surface area contributed by atoms with Gasteiger partial charge in [-0.05, 0) is 47.0 Å². The topological polar surface area (TPSA) is 0 Å². The van der Waals surface area contributed by atoms with Crippen LogP contribution in [0.4, 0.5) is 8.78 Å². The smallest absolute Gasteiger partial charge is 0.129 e. The van der Waals surface area contributed by atoms with Crippen molar-refractivity contribution in [2.75, 3.05) is 0 Å². The van der Waals surface area contributed by atoms with Crippen LogP contribution in [0.15, 0.2) is 28.7 Å². The lowest BCUT2D eigenvalue weighted by molar-refractivity contribution is 0.571. The van der Waals surface area contributed by atoms with Gasteiger partial charge in [0.15, 0.2) is 0 Å². The first-order valence-electron chi connectivity index (χ1n) is 5.31. The Morgan fingerprint density at radius 3 is 2.61 bits per heavy atom. The van der Waals surface area contributed by atoms with Crippen LogP contribution < -0.4 is 0 Å². The molecule has 1 atom stereocenters. The maximum absolute atomic E-state index is 13.5. The molecule has 0 aliphatic carbocycles. The molecule has 0 N–H and O–H groups in total. The van der Waals surface area contributed by atoms with Gasteiger partial charge in [0.2, 0.25) is 0 Å². The van der Waals surface area contributed by atoms with Crippen molar-refractivity contribution in [2.24, 2.45) is 0 Å². The lowest BCUT2D eigenvalue weighted by atomic mass is 10.1. The normalized spacial score (nSPS) is 12.7.